The monoisotopic (exact) mass is 271 g/mol. The summed E-state index contributed by atoms with van der Waals surface area (Å²) in [5.74, 6) is 0.886. The zero-order valence-electron chi connectivity index (χ0n) is 10.2. The highest BCUT2D eigenvalue weighted by atomic mass is 32.1. The van der Waals surface area contributed by atoms with Gasteiger partial charge in [0.25, 0.3) is 0 Å². The van der Waals surface area contributed by atoms with Gasteiger partial charge < -0.3 is 15.6 Å². The van der Waals surface area contributed by atoms with Crippen molar-refractivity contribution in [2.24, 2.45) is 0 Å². The molecule has 0 saturated carbocycles. The van der Waals surface area contributed by atoms with E-state index in [1.807, 2.05) is 12.3 Å². The Hall–Kier alpha value is -1.92. The van der Waals surface area contributed by atoms with Crippen LogP contribution >= 0.6 is 11.3 Å². The first-order chi connectivity index (χ1) is 9.42. The van der Waals surface area contributed by atoms with E-state index in [0.29, 0.717) is 0 Å². The molecule has 1 unspecified atom stereocenters. The standard InChI is InChI=1S/C13H13N5S/c1-3-15-12-9(1)13(17-7-16-12)18-10-5-14-6-11-8(10)2-4-19-11/h1-4,7,10,14H,5-6H2,(H2,15,16,17,18). The number of anilines is 1. The number of nitrogens with zero attached hydrogens (tertiary/aromatic N) is 2. The summed E-state index contributed by atoms with van der Waals surface area (Å²) in [6.45, 7) is 1.88. The van der Waals surface area contributed by atoms with Crippen molar-refractivity contribution in [2.45, 2.75) is 12.6 Å². The molecule has 0 fully saturated rings. The number of H-pyrrole nitrogens is 1. The van der Waals surface area contributed by atoms with E-state index in [-0.39, 0.29) is 6.04 Å². The van der Waals surface area contributed by atoms with Gasteiger partial charge in [-0.2, -0.15) is 0 Å². The average Bonchev–Trinajstić information content (AvgIpc) is 3.08. The van der Waals surface area contributed by atoms with E-state index >= 15 is 0 Å². The second kappa shape index (κ2) is 4.32. The summed E-state index contributed by atoms with van der Waals surface area (Å²) >= 11 is 1.80. The van der Waals surface area contributed by atoms with Crippen LogP contribution in [-0.2, 0) is 6.54 Å². The number of nitrogens with one attached hydrogen (secondary N) is 3. The third-order valence-corrected chi connectivity index (χ3v) is 4.39. The summed E-state index contributed by atoms with van der Waals surface area (Å²) in [7, 11) is 0. The van der Waals surface area contributed by atoms with Crippen LogP contribution in [0.2, 0.25) is 0 Å². The Morgan fingerprint density at radius 3 is 3.32 bits per heavy atom. The van der Waals surface area contributed by atoms with Crippen LogP contribution in [0.25, 0.3) is 11.0 Å². The topological polar surface area (TPSA) is 65.6 Å². The van der Waals surface area contributed by atoms with Gasteiger partial charge in [-0.25, -0.2) is 9.97 Å². The lowest BCUT2D eigenvalue weighted by Gasteiger charge is -2.25. The quantitative estimate of drug-likeness (QED) is 0.669. The van der Waals surface area contributed by atoms with Gasteiger partial charge >= 0.3 is 0 Å². The second-order valence-corrected chi connectivity index (χ2v) is 5.59. The Balaban J connectivity index is 1.71. The Kier molecular flexibility index (Phi) is 2.49. The Morgan fingerprint density at radius 1 is 1.32 bits per heavy atom. The zero-order valence-corrected chi connectivity index (χ0v) is 11.0. The van der Waals surface area contributed by atoms with E-state index in [0.717, 1.165) is 29.9 Å². The highest BCUT2D eigenvalue weighted by molar-refractivity contribution is 7.10. The van der Waals surface area contributed by atoms with Crippen LogP contribution in [0.3, 0.4) is 0 Å². The van der Waals surface area contributed by atoms with E-state index in [1.165, 1.54) is 10.4 Å². The molecule has 0 saturated heterocycles. The molecule has 3 aromatic heterocycles. The molecule has 0 aliphatic carbocycles. The summed E-state index contributed by atoms with van der Waals surface area (Å²) in [4.78, 5) is 13.1. The maximum atomic E-state index is 4.36. The van der Waals surface area contributed by atoms with Crippen molar-refractivity contribution >= 4 is 28.2 Å². The van der Waals surface area contributed by atoms with E-state index in [2.05, 4.69) is 37.0 Å². The molecule has 4 heterocycles. The van der Waals surface area contributed by atoms with Crippen molar-refractivity contribution in [2.75, 3.05) is 11.9 Å². The minimum absolute atomic E-state index is 0.267. The first-order valence-corrected chi connectivity index (χ1v) is 7.11. The molecule has 1 atom stereocenters. The normalized spacial score (nSPS) is 18.4. The zero-order chi connectivity index (χ0) is 12.7. The van der Waals surface area contributed by atoms with Crippen LogP contribution in [0.4, 0.5) is 5.82 Å². The largest absolute Gasteiger partial charge is 0.361 e. The molecule has 1 aliphatic rings. The molecule has 96 valence electrons. The fraction of sp³-hybridized carbons (Fsp3) is 0.231. The van der Waals surface area contributed by atoms with Gasteiger partial charge in [0.2, 0.25) is 0 Å². The van der Waals surface area contributed by atoms with Crippen molar-refractivity contribution in [1.29, 1.82) is 0 Å². The molecule has 0 radical (unpaired) electrons. The lowest BCUT2D eigenvalue weighted by atomic mass is 10.0. The third-order valence-electron chi connectivity index (χ3n) is 3.45. The van der Waals surface area contributed by atoms with Crippen LogP contribution in [-0.4, -0.2) is 21.5 Å². The number of rotatable bonds is 2. The minimum atomic E-state index is 0.267. The Bertz CT molecular complexity index is 716. The molecule has 0 aromatic carbocycles. The van der Waals surface area contributed by atoms with Crippen LogP contribution in [0.15, 0.2) is 30.0 Å². The van der Waals surface area contributed by atoms with Crippen molar-refractivity contribution in [1.82, 2.24) is 20.3 Å². The van der Waals surface area contributed by atoms with Gasteiger partial charge in [-0.15, -0.1) is 11.3 Å². The van der Waals surface area contributed by atoms with Gasteiger partial charge in [0.1, 0.15) is 17.8 Å². The maximum absolute atomic E-state index is 4.36. The number of aromatic amines is 1. The van der Waals surface area contributed by atoms with Gasteiger partial charge in [-0.05, 0) is 23.1 Å². The second-order valence-electron chi connectivity index (χ2n) is 4.59. The van der Waals surface area contributed by atoms with Crippen LogP contribution < -0.4 is 10.6 Å². The van der Waals surface area contributed by atoms with Crippen molar-refractivity contribution in [3.63, 3.8) is 0 Å². The predicted molar refractivity (Wildman–Crippen MR) is 76.3 cm³/mol. The lowest BCUT2D eigenvalue weighted by Crippen LogP contribution is -2.31. The third kappa shape index (κ3) is 1.80. The Morgan fingerprint density at radius 2 is 2.32 bits per heavy atom. The number of hydrogen-bond acceptors (Lipinski definition) is 5. The van der Waals surface area contributed by atoms with E-state index in [4.69, 9.17) is 0 Å². The predicted octanol–water partition coefficient (Wildman–Crippen LogP) is 2.28. The first kappa shape index (κ1) is 11.0. The van der Waals surface area contributed by atoms with E-state index in [9.17, 15) is 0 Å². The molecule has 0 amide bonds. The summed E-state index contributed by atoms with van der Waals surface area (Å²) in [6, 6.07) is 4.47. The molecule has 6 heteroatoms. The number of aromatic nitrogens is 3. The van der Waals surface area contributed by atoms with Gasteiger partial charge in [0.15, 0.2) is 0 Å². The fourth-order valence-electron chi connectivity index (χ4n) is 2.53. The lowest BCUT2D eigenvalue weighted by molar-refractivity contribution is 0.587. The summed E-state index contributed by atoms with van der Waals surface area (Å²) in [5, 5.41) is 10.1. The van der Waals surface area contributed by atoms with Gasteiger partial charge in [-0.3, -0.25) is 0 Å². The highest BCUT2D eigenvalue weighted by Gasteiger charge is 2.21. The number of fused-ring (bicyclic) bond motifs is 2. The molecule has 1 aliphatic heterocycles. The number of hydrogen-bond donors (Lipinski definition) is 3. The summed E-state index contributed by atoms with van der Waals surface area (Å²) in [6.07, 6.45) is 3.48. The molecule has 3 N–H and O–H groups in total. The molecule has 3 aromatic rings. The van der Waals surface area contributed by atoms with Crippen molar-refractivity contribution < 1.29 is 0 Å². The van der Waals surface area contributed by atoms with Gasteiger partial charge in [-0.1, -0.05) is 0 Å². The molecule has 0 bridgehead atoms. The molecule has 5 nitrogen and oxygen atoms in total. The summed E-state index contributed by atoms with van der Waals surface area (Å²) in [5.41, 5.74) is 2.25. The minimum Gasteiger partial charge on any atom is -0.361 e. The van der Waals surface area contributed by atoms with Crippen LogP contribution in [0.5, 0.6) is 0 Å². The van der Waals surface area contributed by atoms with Crippen molar-refractivity contribution in [3.8, 4) is 0 Å². The van der Waals surface area contributed by atoms with Crippen molar-refractivity contribution in [3.05, 3.63) is 40.5 Å². The van der Waals surface area contributed by atoms with E-state index in [1.54, 1.807) is 17.7 Å². The van der Waals surface area contributed by atoms with Gasteiger partial charge in [0.05, 0.1) is 11.4 Å². The SMILES string of the molecule is c1nc(NC2CNCc3sccc32)c2cc[nH]c2n1. The highest BCUT2D eigenvalue weighted by Crippen LogP contribution is 2.30. The first-order valence-electron chi connectivity index (χ1n) is 6.23. The molecule has 0 spiro atoms. The molecular formula is C13H13N5S. The average molecular weight is 271 g/mol. The molecular weight excluding hydrogens is 258 g/mol. The smallest absolute Gasteiger partial charge is 0.142 e. The fourth-order valence-corrected chi connectivity index (χ4v) is 3.44. The number of thiophene rings is 1. The van der Waals surface area contributed by atoms with Gasteiger partial charge in [0, 0.05) is 24.2 Å². The molecule has 4 rings (SSSR count). The van der Waals surface area contributed by atoms with Crippen LogP contribution in [0, 0.1) is 0 Å². The summed E-state index contributed by atoms with van der Waals surface area (Å²) < 4.78 is 0. The van der Waals surface area contributed by atoms with Crippen LogP contribution in [0.1, 0.15) is 16.5 Å². The van der Waals surface area contributed by atoms with E-state index < -0.39 is 0 Å². The molecule has 19 heavy (non-hydrogen) atoms. The Labute approximate surface area is 114 Å². The maximum Gasteiger partial charge on any atom is 0.142 e.